The van der Waals surface area contributed by atoms with Gasteiger partial charge in [-0.2, -0.15) is 5.26 Å². The van der Waals surface area contributed by atoms with Crippen molar-refractivity contribution in [3.05, 3.63) is 29.6 Å². The van der Waals surface area contributed by atoms with Gasteiger partial charge in [-0.15, -0.1) is 0 Å². The van der Waals surface area contributed by atoms with Crippen molar-refractivity contribution in [2.24, 2.45) is 5.92 Å². The van der Waals surface area contributed by atoms with Gasteiger partial charge in [-0.3, -0.25) is 4.79 Å². The molecule has 4 nitrogen and oxygen atoms in total. The average Bonchev–Trinajstić information content (AvgIpc) is 2.34. The molecule has 5 heteroatoms. The second kappa shape index (κ2) is 5.05. The van der Waals surface area contributed by atoms with Crippen LogP contribution in [0.4, 0.5) is 10.1 Å². The van der Waals surface area contributed by atoms with Crippen molar-refractivity contribution < 1.29 is 9.18 Å². The summed E-state index contributed by atoms with van der Waals surface area (Å²) < 4.78 is 13.7. The van der Waals surface area contributed by atoms with E-state index in [0.29, 0.717) is 5.69 Å². The summed E-state index contributed by atoms with van der Waals surface area (Å²) in [5.74, 6) is -1.02. The third kappa shape index (κ3) is 2.28. The summed E-state index contributed by atoms with van der Waals surface area (Å²) >= 11 is 0. The van der Waals surface area contributed by atoms with Crippen molar-refractivity contribution in [3.8, 4) is 6.07 Å². The zero-order valence-corrected chi connectivity index (χ0v) is 10.0. The van der Waals surface area contributed by atoms with Gasteiger partial charge in [-0.1, -0.05) is 0 Å². The van der Waals surface area contributed by atoms with Crippen LogP contribution in [-0.4, -0.2) is 19.0 Å². The van der Waals surface area contributed by atoms with E-state index in [4.69, 9.17) is 5.26 Å². The number of benzene rings is 1. The number of rotatable bonds is 3. The van der Waals surface area contributed by atoms with Gasteiger partial charge in [0.15, 0.2) is 0 Å². The van der Waals surface area contributed by atoms with E-state index in [1.807, 2.05) is 0 Å². The molecule has 2 rings (SSSR count). The number of carbonyl (C=O) groups is 1. The highest BCUT2D eigenvalue weighted by molar-refractivity contribution is 5.94. The molecule has 0 aliphatic heterocycles. The van der Waals surface area contributed by atoms with Gasteiger partial charge < -0.3 is 10.6 Å². The molecule has 2 atom stereocenters. The summed E-state index contributed by atoms with van der Waals surface area (Å²) in [6.45, 7) is 0. The number of halogens is 1. The van der Waals surface area contributed by atoms with E-state index >= 15 is 0 Å². The first-order valence-corrected chi connectivity index (χ1v) is 5.83. The van der Waals surface area contributed by atoms with Gasteiger partial charge in [0.1, 0.15) is 5.82 Å². The number of carbonyl (C=O) groups excluding carboxylic acids is 1. The molecule has 0 saturated heterocycles. The highest BCUT2D eigenvalue weighted by atomic mass is 19.1. The van der Waals surface area contributed by atoms with Gasteiger partial charge in [0.25, 0.3) is 5.91 Å². The fraction of sp³-hybridized carbons (Fsp3) is 0.385. The quantitative estimate of drug-likeness (QED) is 0.857. The first kappa shape index (κ1) is 12.4. The van der Waals surface area contributed by atoms with E-state index < -0.39 is 11.7 Å². The minimum Gasteiger partial charge on any atom is -0.381 e. The third-order valence-corrected chi connectivity index (χ3v) is 3.23. The minimum atomic E-state index is -0.563. The number of hydrogen-bond acceptors (Lipinski definition) is 3. The van der Waals surface area contributed by atoms with Gasteiger partial charge in [0.05, 0.1) is 17.6 Å². The van der Waals surface area contributed by atoms with Crippen LogP contribution >= 0.6 is 0 Å². The Bertz CT molecular complexity index is 509. The molecule has 94 valence electrons. The molecule has 0 bridgehead atoms. The van der Waals surface area contributed by atoms with Crippen LogP contribution in [0.2, 0.25) is 0 Å². The molecule has 0 spiro atoms. The predicted molar refractivity (Wildman–Crippen MR) is 65.5 cm³/mol. The molecule has 1 fully saturated rings. The lowest BCUT2D eigenvalue weighted by Gasteiger charge is -2.33. The number of nitrogens with zero attached hydrogens (tertiary/aromatic N) is 1. The number of amides is 1. The normalized spacial score (nSPS) is 21.6. The summed E-state index contributed by atoms with van der Waals surface area (Å²) in [7, 11) is 1.46. The zero-order chi connectivity index (χ0) is 13.1. The predicted octanol–water partition coefficient (Wildman–Crippen LogP) is 1.90. The Labute approximate surface area is 105 Å². The Kier molecular flexibility index (Phi) is 3.47. The zero-order valence-electron chi connectivity index (χ0n) is 10.0. The second-order valence-corrected chi connectivity index (χ2v) is 4.34. The Morgan fingerprint density at radius 1 is 1.50 bits per heavy atom. The number of anilines is 1. The third-order valence-electron chi connectivity index (χ3n) is 3.23. The van der Waals surface area contributed by atoms with Crippen LogP contribution in [0.3, 0.4) is 0 Å². The van der Waals surface area contributed by atoms with E-state index in [1.165, 1.54) is 19.2 Å². The minimum absolute atomic E-state index is 0.00771. The van der Waals surface area contributed by atoms with Crippen LogP contribution in [0.1, 0.15) is 23.2 Å². The molecule has 2 N–H and O–H groups in total. The summed E-state index contributed by atoms with van der Waals surface area (Å²) in [5, 5.41) is 14.3. The van der Waals surface area contributed by atoms with Gasteiger partial charge in [-0.05, 0) is 31.0 Å². The maximum Gasteiger partial charge on any atom is 0.253 e. The van der Waals surface area contributed by atoms with Crippen molar-refractivity contribution in [1.29, 1.82) is 5.26 Å². The molecule has 0 aromatic heterocycles. The Morgan fingerprint density at radius 2 is 2.28 bits per heavy atom. The van der Waals surface area contributed by atoms with Crippen molar-refractivity contribution in [3.63, 3.8) is 0 Å². The van der Waals surface area contributed by atoms with E-state index in [0.717, 1.165) is 12.8 Å². The molecule has 1 saturated carbocycles. The first-order chi connectivity index (χ1) is 8.65. The van der Waals surface area contributed by atoms with E-state index in [1.54, 1.807) is 6.07 Å². The molecule has 2 unspecified atom stereocenters. The molecule has 18 heavy (non-hydrogen) atoms. The van der Waals surface area contributed by atoms with Gasteiger partial charge in [0.2, 0.25) is 0 Å². The monoisotopic (exact) mass is 247 g/mol. The van der Waals surface area contributed by atoms with Crippen LogP contribution in [0.15, 0.2) is 18.2 Å². The Morgan fingerprint density at radius 3 is 2.78 bits per heavy atom. The summed E-state index contributed by atoms with van der Waals surface area (Å²) in [6, 6.07) is 6.67. The van der Waals surface area contributed by atoms with E-state index in [-0.39, 0.29) is 17.5 Å². The van der Waals surface area contributed by atoms with E-state index in [2.05, 4.69) is 16.7 Å². The number of hydrogen-bond donors (Lipinski definition) is 2. The standard InChI is InChI=1S/C13H14FN3O/c1-16-13(18)10-4-3-9(6-11(10)14)17-12-5-2-8(12)7-15/h3-4,6,8,12,17H,2,5H2,1H3,(H,16,18). The first-order valence-electron chi connectivity index (χ1n) is 5.83. The number of nitriles is 1. The summed E-state index contributed by atoms with van der Waals surface area (Å²) in [6.07, 6.45) is 1.80. The molecule has 1 amide bonds. The number of nitrogens with one attached hydrogen (secondary N) is 2. The van der Waals surface area contributed by atoms with Crippen LogP contribution in [0.25, 0.3) is 0 Å². The smallest absolute Gasteiger partial charge is 0.253 e. The van der Waals surface area contributed by atoms with Crippen molar-refractivity contribution >= 4 is 11.6 Å². The topological polar surface area (TPSA) is 64.9 Å². The lowest BCUT2D eigenvalue weighted by atomic mass is 9.80. The maximum absolute atomic E-state index is 13.7. The summed E-state index contributed by atoms with van der Waals surface area (Å²) in [5.41, 5.74) is 0.624. The molecule has 1 aromatic carbocycles. The van der Waals surface area contributed by atoms with Crippen molar-refractivity contribution in [1.82, 2.24) is 5.32 Å². The van der Waals surface area contributed by atoms with Crippen LogP contribution < -0.4 is 10.6 Å². The largest absolute Gasteiger partial charge is 0.381 e. The van der Waals surface area contributed by atoms with Crippen molar-refractivity contribution in [2.45, 2.75) is 18.9 Å². The molecule has 0 heterocycles. The fourth-order valence-corrected chi connectivity index (χ4v) is 1.97. The Balaban J connectivity index is 2.10. The molecule has 1 aromatic rings. The second-order valence-electron chi connectivity index (χ2n) is 4.34. The molecular formula is C13H14FN3O. The van der Waals surface area contributed by atoms with Crippen LogP contribution in [0, 0.1) is 23.1 Å². The lowest BCUT2D eigenvalue weighted by Crippen LogP contribution is -2.37. The highest BCUT2D eigenvalue weighted by Crippen LogP contribution is 2.30. The molecule has 0 radical (unpaired) electrons. The average molecular weight is 247 g/mol. The maximum atomic E-state index is 13.7. The Hall–Kier alpha value is -2.09. The van der Waals surface area contributed by atoms with Gasteiger partial charge >= 0.3 is 0 Å². The van der Waals surface area contributed by atoms with E-state index in [9.17, 15) is 9.18 Å². The van der Waals surface area contributed by atoms with Crippen molar-refractivity contribution in [2.75, 3.05) is 12.4 Å². The molecule has 1 aliphatic rings. The molecular weight excluding hydrogens is 233 g/mol. The SMILES string of the molecule is CNC(=O)c1ccc(NC2CCC2C#N)cc1F. The van der Waals surface area contributed by atoms with Crippen LogP contribution in [0.5, 0.6) is 0 Å². The van der Waals surface area contributed by atoms with Gasteiger partial charge in [0, 0.05) is 18.8 Å². The van der Waals surface area contributed by atoms with Crippen LogP contribution in [-0.2, 0) is 0 Å². The van der Waals surface area contributed by atoms with Gasteiger partial charge in [-0.25, -0.2) is 4.39 Å². The summed E-state index contributed by atoms with van der Waals surface area (Å²) in [4.78, 5) is 11.3. The molecule has 1 aliphatic carbocycles. The highest BCUT2D eigenvalue weighted by Gasteiger charge is 2.30. The lowest BCUT2D eigenvalue weighted by molar-refractivity contribution is 0.0959. The fourth-order valence-electron chi connectivity index (χ4n) is 1.97.